The van der Waals surface area contributed by atoms with Gasteiger partial charge in [-0.3, -0.25) is 18.6 Å². The Labute approximate surface area is 325 Å². The van der Waals surface area contributed by atoms with Crippen LogP contribution in [0.3, 0.4) is 0 Å². The van der Waals surface area contributed by atoms with Crippen molar-refractivity contribution < 1.29 is 42.7 Å². The van der Waals surface area contributed by atoms with Gasteiger partial charge < -0.3 is 25.2 Å². The average molecular weight is 778 g/mol. The van der Waals surface area contributed by atoms with Gasteiger partial charge in [-0.2, -0.15) is 0 Å². The van der Waals surface area contributed by atoms with Gasteiger partial charge in [-0.05, 0) is 12.8 Å². The number of carbonyl (C=O) groups is 2. The van der Waals surface area contributed by atoms with E-state index in [2.05, 4.69) is 13.8 Å². The smallest absolute Gasteiger partial charge is 0.472 e. The molecule has 0 aliphatic heterocycles. The number of carboxylic acids is 1. The normalized spacial score (nSPS) is 13.9. The lowest BCUT2D eigenvalue weighted by Crippen LogP contribution is -2.34. The summed E-state index contributed by atoms with van der Waals surface area (Å²) in [5, 5.41) is 8.88. The quantitative estimate of drug-likeness (QED) is 0.0309. The summed E-state index contributed by atoms with van der Waals surface area (Å²) in [5.74, 6) is -1.77. The average Bonchev–Trinajstić information content (AvgIpc) is 3.13. The maximum Gasteiger partial charge on any atom is 0.472 e. The Kier molecular flexibility index (Phi) is 38.5. The Morgan fingerprint density at radius 2 is 0.868 bits per heavy atom. The summed E-state index contributed by atoms with van der Waals surface area (Å²) in [6, 6.07) is -1.47. The van der Waals surface area contributed by atoms with Crippen LogP contribution in [0.5, 0.6) is 0 Å². The maximum absolute atomic E-state index is 12.6. The minimum atomic E-state index is -4.60. The molecule has 0 amide bonds. The largest absolute Gasteiger partial charge is 0.480 e. The van der Waals surface area contributed by atoms with Gasteiger partial charge in [0.1, 0.15) is 12.1 Å². The van der Waals surface area contributed by atoms with E-state index in [0.717, 1.165) is 38.5 Å². The summed E-state index contributed by atoms with van der Waals surface area (Å²) < 4.78 is 33.3. The molecule has 53 heavy (non-hydrogen) atoms. The molecule has 0 radical (unpaired) electrons. The summed E-state index contributed by atoms with van der Waals surface area (Å²) >= 11 is 0. The van der Waals surface area contributed by atoms with Crippen LogP contribution in [0.15, 0.2) is 0 Å². The van der Waals surface area contributed by atoms with Crippen molar-refractivity contribution in [2.45, 2.75) is 231 Å². The first-order valence-corrected chi connectivity index (χ1v) is 23.6. The Morgan fingerprint density at radius 1 is 0.528 bits per heavy atom. The summed E-state index contributed by atoms with van der Waals surface area (Å²) in [5.41, 5.74) is 5.35. The molecule has 11 heteroatoms. The van der Waals surface area contributed by atoms with Crippen molar-refractivity contribution in [1.29, 1.82) is 0 Å². The molecule has 0 heterocycles. The molecule has 10 nitrogen and oxygen atoms in total. The van der Waals surface area contributed by atoms with E-state index in [0.29, 0.717) is 6.61 Å². The number of carbonyl (C=O) groups excluding carboxylic acids is 1. The SMILES string of the molecule is CCCCCCCCCCCCCCCCCCCCCCOC[C@H](COP(=O)(O)OC[C@H](N)C(=O)O)OC(=O)CCCCCCCCCCCCC. The van der Waals surface area contributed by atoms with Crippen molar-refractivity contribution in [3.05, 3.63) is 0 Å². The fourth-order valence-corrected chi connectivity index (χ4v) is 7.21. The minimum absolute atomic E-state index is 0.0256. The van der Waals surface area contributed by atoms with E-state index in [1.165, 1.54) is 161 Å². The summed E-state index contributed by atoms with van der Waals surface area (Å²) in [6.45, 7) is 3.91. The van der Waals surface area contributed by atoms with Gasteiger partial charge in [0.15, 0.2) is 0 Å². The minimum Gasteiger partial charge on any atom is -0.480 e. The second kappa shape index (κ2) is 39.2. The molecule has 3 atom stereocenters. The maximum atomic E-state index is 12.6. The fourth-order valence-electron chi connectivity index (χ4n) is 6.43. The van der Waals surface area contributed by atoms with Gasteiger partial charge in [0.2, 0.25) is 0 Å². The van der Waals surface area contributed by atoms with E-state index in [-0.39, 0.29) is 13.0 Å². The zero-order valence-corrected chi connectivity index (χ0v) is 35.3. The third kappa shape index (κ3) is 39.0. The number of nitrogens with two attached hydrogens (primary N) is 1. The predicted molar refractivity (Wildman–Crippen MR) is 217 cm³/mol. The number of phosphoric ester groups is 1. The lowest BCUT2D eigenvalue weighted by atomic mass is 10.0. The molecule has 0 aliphatic carbocycles. The first kappa shape index (κ1) is 52.0. The number of phosphoric acid groups is 1. The number of ether oxygens (including phenoxy) is 2. The molecule has 0 fully saturated rings. The van der Waals surface area contributed by atoms with Crippen LogP contribution in [0.1, 0.15) is 219 Å². The van der Waals surface area contributed by atoms with E-state index in [1.807, 2.05) is 0 Å². The molecule has 0 aliphatic rings. The highest BCUT2D eigenvalue weighted by Gasteiger charge is 2.27. The van der Waals surface area contributed by atoms with Crippen LogP contribution in [0, 0.1) is 0 Å². The van der Waals surface area contributed by atoms with Gasteiger partial charge in [-0.1, -0.05) is 200 Å². The number of hydrogen-bond donors (Lipinski definition) is 3. The molecular formula is C42H84NO9P. The molecule has 4 N–H and O–H groups in total. The van der Waals surface area contributed by atoms with Crippen molar-refractivity contribution >= 4 is 19.8 Å². The van der Waals surface area contributed by atoms with Crippen molar-refractivity contribution in [3.8, 4) is 0 Å². The van der Waals surface area contributed by atoms with E-state index < -0.39 is 45.1 Å². The lowest BCUT2D eigenvalue weighted by Gasteiger charge is -2.20. The van der Waals surface area contributed by atoms with Crippen LogP contribution in [0.4, 0.5) is 0 Å². The Balaban J connectivity index is 4.10. The fraction of sp³-hybridized carbons (Fsp3) is 0.952. The van der Waals surface area contributed by atoms with E-state index in [4.69, 9.17) is 29.4 Å². The summed E-state index contributed by atoms with van der Waals surface area (Å²) in [6.07, 6.45) is 38.7. The monoisotopic (exact) mass is 778 g/mol. The molecule has 0 aromatic carbocycles. The summed E-state index contributed by atoms with van der Waals surface area (Å²) in [4.78, 5) is 33.4. The Hall–Kier alpha value is -1.03. The third-order valence-corrected chi connectivity index (χ3v) is 10.8. The molecule has 0 saturated heterocycles. The standard InChI is InChI=1S/C42H84NO9P/c1-3-5-7-9-11-13-15-16-17-18-19-20-21-22-23-25-27-29-31-33-35-49-36-39(37-50-53(47,48)51-38-40(43)42(45)46)52-41(44)34-32-30-28-26-24-14-12-10-8-6-4-2/h39-40H,3-38,43H2,1-2H3,(H,45,46)(H,47,48)/t39-,40+/m1/s1. The van der Waals surface area contributed by atoms with Crippen LogP contribution < -0.4 is 5.73 Å². The van der Waals surface area contributed by atoms with Gasteiger partial charge >= 0.3 is 19.8 Å². The molecule has 0 aromatic rings. The van der Waals surface area contributed by atoms with E-state index in [9.17, 15) is 19.0 Å². The number of rotatable bonds is 43. The van der Waals surface area contributed by atoms with E-state index >= 15 is 0 Å². The first-order valence-electron chi connectivity index (χ1n) is 22.1. The molecule has 0 aromatic heterocycles. The van der Waals surface area contributed by atoms with Gasteiger partial charge in [0, 0.05) is 13.0 Å². The van der Waals surface area contributed by atoms with Crippen LogP contribution in [0.25, 0.3) is 0 Å². The van der Waals surface area contributed by atoms with Crippen molar-refractivity contribution in [1.82, 2.24) is 0 Å². The molecule has 0 saturated carbocycles. The zero-order valence-electron chi connectivity index (χ0n) is 34.4. The van der Waals surface area contributed by atoms with Gasteiger partial charge in [-0.25, -0.2) is 4.57 Å². The van der Waals surface area contributed by atoms with Crippen LogP contribution in [-0.2, 0) is 32.7 Å². The number of unbranched alkanes of at least 4 members (excludes halogenated alkanes) is 29. The lowest BCUT2D eigenvalue weighted by molar-refractivity contribution is -0.154. The van der Waals surface area contributed by atoms with Gasteiger partial charge in [0.25, 0.3) is 0 Å². The second-order valence-corrected chi connectivity index (χ2v) is 16.6. The first-order chi connectivity index (χ1) is 25.7. The molecule has 0 bridgehead atoms. The van der Waals surface area contributed by atoms with Gasteiger partial charge in [0.05, 0.1) is 19.8 Å². The number of hydrogen-bond acceptors (Lipinski definition) is 8. The van der Waals surface area contributed by atoms with Crippen LogP contribution in [0.2, 0.25) is 0 Å². The number of carboxylic acid groups (broad SMARTS) is 1. The molecule has 1 unspecified atom stereocenters. The second-order valence-electron chi connectivity index (χ2n) is 15.2. The number of aliphatic carboxylic acids is 1. The van der Waals surface area contributed by atoms with E-state index in [1.54, 1.807) is 0 Å². The highest BCUT2D eigenvalue weighted by molar-refractivity contribution is 7.47. The van der Waals surface area contributed by atoms with Gasteiger partial charge in [-0.15, -0.1) is 0 Å². The third-order valence-electron chi connectivity index (χ3n) is 9.89. The van der Waals surface area contributed by atoms with Crippen LogP contribution >= 0.6 is 7.82 Å². The molecular weight excluding hydrogens is 693 g/mol. The Bertz CT molecular complexity index is 862. The van der Waals surface area contributed by atoms with Crippen molar-refractivity contribution in [2.24, 2.45) is 5.73 Å². The Morgan fingerprint density at radius 3 is 1.25 bits per heavy atom. The molecule has 0 spiro atoms. The van der Waals surface area contributed by atoms with Crippen molar-refractivity contribution in [2.75, 3.05) is 26.4 Å². The highest BCUT2D eigenvalue weighted by Crippen LogP contribution is 2.43. The predicted octanol–water partition coefficient (Wildman–Crippen LogP) is 12.0. The topological polar surface area (TPSA) is 155 Å². The summed E-state index contributed by atoms with van der Waals surface area (Å²) in [7, 11) is -4.60. The molecule has 316 valence electrons. The highest BCUT2D eigenvalue weighted by atomic mass is 31.2. The van der Waals surface area contributed by atoms with Crippen molar-refractivity contribution in [3.63, 3.8) is 0 Å². The molecule has 0 rings (SSSR count). The van der Waals surface area contributed by atoms with Crippen LogP contribution in [-0.4, -0.2) is 60.5 Å². The zero-order chi connectivity index (χ0) is 39.1. The number of esters is 1.